The molecular formula is C14H20N4OS. The van der Waals surface area contributed by atoms with Crippen molar-refractivity contribution in [2.45, 2.75) is 37.7 Å². The SMILES string of the molecule is NC(=S)c1nccnc1N1CCC2(O)CCCCC2C1. The average Bonchev–Trinajstić information content (AvgIpc) is 2.46. The third-order valence-electron chi connectivity index (χ3n) is 4.64. The minimum absolute atomic E-state index is 0.276. The molecule has 1 aliphatic heterocycles. The highest BCUT2D eigenvalue weighted by atomic mass is 32.1. The van der Waals surface area contributed by atoms with Crippen molar-refractivity contribution in [3.05, 3.63) is 18.1 Å². The van der Waals surface area contributed by atoms with Crippen molar-refractivity contribution < 1.29 is 5.11 Å². The second kappa shape index (κ2) is 5.26. The molecule has 2 fully saturated rings. The van der Waals surface area contributed by atoms with Crippen LogP contribution in [-0.4, -0.2) is 38.8 Å². The molecule has 1 saturated heterocycles. The van der Waals surface area contributed by atoms with Crippen molar-refractivity contribution in [2.24, 2.45) is 11.7 Å². The van der Waals surface area contributed by atoms with Crippen molar-refractivity contribution >= 4 is 23.0 Å². The molecule has 1 saturated carbocycles. The molecule has 108 valence electrons. The van der Waals surface area contributed by atoms with Crippen LogP contribution in [0.4, 0.5) is 5.82 Å². The molecule has 2 aliphatic rings. The average molecular weight is 292 g/mol. The summed E-state index contributed by atoms with van der Waals surface area (Å²) >= 11 is 5.05. The van der Waals surface area contributed by atoms with Gasteiger partial charge in [0.05, 0.1) is 5.60 Å². The molecule has 6 heteroatoms. The number of fused-ring (bicyclic) bond motifs is 1. The van der Waals surface area contributed by atoms with Crippen LogP contribution in [-0.2, 0) is 0 Å². The topological polar surface area (TPSA) is 75.3 Å². The van der Waals surface area contributed by atoms with Crippen molar-refractivity contribution in [1.29, 1.82) is 0 Å². The number of aliphatic hydroxyl groups is 1. The molecule has 0 radical (unpaired) electrons. The third-order valence-corrected chi connectivity index (χ3v) is 4.83. The highest BCUT2D eigenvalue weighted by Crippen LogP contribution is 2.40. The molecule has 1 aromatic heterocycles. The van der Waals surface area contributed by atoms with Crippen LogP contribution in [0.5, 0.6) is 0 Å². The van der Waals surface area contributed by atoms with Gasteiger partial charge in [0.1, 0.15) is 10.7 Å². The first-order valence-corrected chi connectivity index (χ1v) is 7.59. The van der Waals surface area contributed by atoms with E-state index in [-0.39, 0.29) is 4.99 Å². The molecule has 0 amide bonds. The number of aromatic nitrogens is 2. The molecule has 1 aliphatic carbocycles. The van der Waals surface area contributed by atoms with E-state index in [1.54, 1.807) is 12.4 Å². The fourth-order valence-electron chi connectivity index (χ4n) is 3.50. The molecule has 0 spiro atoms. The highest BCUT2D eigenvalue weighted by molar-refractivity contribution is 7.80. The zero-order valence-corrected chi connectivity index (χ0v) is 12.3. The van der Waals surface area contributed by atoms with Gasteiger partial charge in [0.2, 0.25) is 0 Å². The summed E-state index contributed by atoms with van der Waals surface area (Å²) in [7, 11) is 0. The maximum Gasteiger partial charge on any atom is 0.157 e. The van der Waals surface area contributed by atoms with Crippen LogP contribution in [0.2, 0.25) is 0 Å². The number of hydrogen-bond acceptors (Lipinski definition) is 5. The fraction of sp³-hybridized carbons (Fsp3) is 0.643. The second-order valence-electron chi connectivity index (χ2n) is 5.84. The lowest BCUT2D eigenvalue weighted by molar-refractivity contribution is -0.0613. The Balaban J connectivity index is 1.85. The number of thiocarbonyl (C=S) groups is 1. The Bertz CT molecular complexity index is 524. The summed E-state index contributed by atoms with van der Waals surface area (Å²) in [4.78, 5) is 11.1. The standard InChI is InChI=1S/C14H20N4OS/c15-12(20)11-13(17-7-6-16-11)18-8-5-14(19)4-2-1-3-10(14)9-18/h6-7,10,19H,1-5,8-9H2,(H2,15,20). The molecule has 3 rings (SSSR count). The van der Waals surface area contributed by atoms with Gasteiger partial charge in [-0.2, -0.15) is 0 Å². The largest absolute Gasteiger partial charge is 0.389 e. The van der Waals surface area contributed by atoms with Crippen LogP contribution in [0.1, 0.15) is 37.8 Å². The van der Waals surface area contributed by atoms with E-state index in [4.69, 9.17) is 18.0 Å². The molecule has 3 N–H and O–H groups in total. The molecule has 1 aromatic rings. The van der Waals surface area contributed by atoms with Gasteiger partial charge in [-0.25, -0.2) is 9.97 Å². The Morgan fingerprint density at radius 2 is 2.15 bits per heavy atom. The number of anilines is 1. The quantitative estimate of drug-likeness (QED) is 0.799. The van der Waals surface area contributed by atoms with E-state index in [0.29, 0.717) is 11.6 Å². The number of hydrogen-bond donors (Lipinski definition) is 2. The van der Waals surface area contributed by atoms with Crippen molar-refractivity contribution in [3.63, 3.8) is 0 Å². The van der Waals surface area contributed by atoms with E-state index >= 15 is 0 Å². The van der Waals surface area contributed by atoms with Crippen molar-refractivity contribution in [1.82, 2.24) is 9.97 Å². The monoisotopic (exact) mass is 292 g/mol. The predicted octanol–water partition coefficient (Wildman–Crippen LogP) is 1.24. The van der Waals surface area contributed by atoms with Gasteiger partial charge in [-0.3, -0.25) is 0 Å². The van der Waals surface area contributed by atoms with E-state index in [1.807, 2.05) is 0 Å². The normalized spacial score (nSPS) is 29.9. The predicted molar refractivity (Wildman–Crippen MR) is 81.7 cm³/mol. The molecule has 0 bridgehead atoms. The summed E-state index contributed by atoms with van der Waals surface area (Å²) in [6.07, 6.45) is 8.40. The maximum atomic E-state index is 10.7. The van der Waals surface area contributed by atoms with Crippen LogP contribution >= 0.6 is 12.2 Å². The molecular weight excluding hydrogens is 272 g/mol. The molecule has 5 nitrogen and oxygen atoms in total. The Morgan fingerprint density at radius 1 is 1.35 bits per heavy atom. The maximum absolute atomic E-state index is 10.7. The van der Waals surface area contributed by atoms with Crippen LogP contribution in [0.3, 0.4) is 0 Å². The summed E-state index contributed by atoms with van der Waals surface area (Å²) in [6, 6.07) is 0. The van der Waals surface area contributed by atoms with Gasteiger partial charge >= 0.3 is 0 Å². The van der Waals surface area contributed by atoms with Gasteiger partial charge in [0, 0.05) is 31.4 Å². The summed E-state index contributed by atoms with van der Waals surface area (Å²) < 4.78 is 0. The lowest BCUT2D eigenvalue weighted by Crippen LogP contribution is -2.53. The highest BCUT2D eigenvalue weighted by Gasteiger charge is 2.43. The fourth-order valence-corrected chi connectivity index (χ4v) is 3.64. The van der Waals surface area contributed by atoms with Crippen molar-refractivity contribution in [3.8, 4) is 0 Å². The second-order valence-corrected chi connectivity index (χ2v) is 6.27. The molecule has 2 unspecified atom stereocenters. The van der Waals surface area contributed by atoms with E-state index in [2.05, 4.69) is 14.9 Å². The van der Waals surface area contributed by atoms with E-state index in [1.165, 1.54) is 6.42 Å². The number of nitrogens with zero attached hydrogens (tertiary/aromatic N) is 3. The van der Waals surface area contributed by atoms with Crippen LogP contribution in [0.15, 0.2) is 12.4 Å². The minimum atomic E-state index is -0.486. The first kappa shape index (κ1) is 13.7. The van der Waals surface area contributed by atoms with Gasteiger partial charge in [-0.1, -0.05) is 25.1 Å². The first-order chi connectivity index (χ1) is 9.60. The zero-order valence-electron chi connectivity index (χ0n) is 11.5. The molecule has 20 heavy (non-hydrogen) atoms. The lowest BCUT2D eigenvalue weighted by atomic mass is 9.71. The lowest BCUT2D eigenvalue weighted by Gasteiger charge is -2.47. The Kier molecular flexibility index (Phi) is 3.60. The van der Waals surface area contributed by atoms with Gasteiger partial charge in [0.25, 0.3) is 0 Å². The molecule has 2 atom stereocenters. The summed E-state index contributed by atoms with van der Waals surface area (Å²) in [5.41, 5.74) is 5.83. The third kappa shape index (κ3) is 2.38. The summed E-state index contributed by atoms with van der Waals surface area (Å²) in [5, 5.41) is 10.7. The summed E-state index contributed by atoms with van der Waals surface area (Å²) in [6.45, 7) is 1.59. The Labute approximate surface area is 124 Å². The van der Waals surface area contributed by atoms with Crippen LogP contribution < -0.4 is 10.6 Å². The van der Waals surface area contributed by atoms with E-state index in [0.717, 1.165) is 44.6 Å². The van der Waals surface area contributed by atoms with E-state index < -0.39 is 5.60 Å². The Hall–Kier alpha value is -1.27. The number of rotatable bonds is 2. The van der Waals surface area contributed by atoms with Crippen LogP contribution in [0.25, 0.3) is 0 Å². The van der Waals surface area contributed by atoms with Crippen molar-refractivity contribution in [2.75, 3.05) is 18.0 Å². The van der Waals surface area contributed by atoms with Crippen LogP contribution in [0, 0.1) is 5.92 Å². The summed E-state index contributed by atoms with van der Waals surface area (Å²) in [5.74, 6) is 1.07. The van der Waals surface area contributed by atoms with Gasteiger partial charge in [0.15, 0.2) is 5.82 Å². The number of nitrogens with two attached hydrogens (primary N) is 1. The van der Waals surface area contributed by atoms with Gasteiger partial charge < -0.3 is 15.7 Å². The van der Waals surface area contributed by atoms with E-state index in [9.17, 15) is 5.11 Å². The van der Waals surface area contributed by atoms with Gasteiger partial charge in [-0.15, -0.1) is 0 Å². The Morgan fingerprint density at radius 3 is 2.95 bits per heavy atom. The minimum Gasteiger partial charge on any atom is -0.389 e. The zero-order chi connectivity index (χ0) is 14.2. The van der Waals surface area contributed by atoms with Gasteiger partial charge in [-0.05, 0) is 19.3 Å². The molecule has 0 aromatic carbocycles. The first-order valence-electron chi connectivity index (χ1n) is 7.18. The smallest absolute Gasteiger partial charge is 0.157 e. The number of piperidine rings is 1. The molecule has 2 heterocycles.